The summed E-state index contributed by atoms with van der Waals surface area (Å²) in [6.45, 7) is 8.60. The first-order chi connectivity index (χ1) is 18.0. The van der Waals surface area contributed by atoms with Gasteiger partial charge >= 0.3 is 6.36 Å². The number of carbonyl (C=O) groups excluding carboxylic acids is 1. The van der Waals surface area contributed by atoms with Crippen molar-refractivity contribution in [1.29, 1.82) is 0 Å². The highest BCUT2D eigenvalue weighted by atomic mass is 32.2. The first-order valence-electron chi connectivity index (χ1n) is 11.7. The van der Waals surface area contributed by atoms with Gasteiger partial charge in [0.25, 0.3) is 5.91 Å². The van der Waals surface area contributed by atoms with Gasteiger partial charge in [-0.05, 0) is 72.4 Å². The largest absolute Gasteiger partial charge is 0.573 e. The lowest BCUT2D eigenvalue weighted by Gasteiger charge is -2.21. The first-order valence-corrected chi connectivity index (χ1v) is 12.6. The minimum atomic E-state index is -4.71. The Morgan fingerprint density at radius 2 is 1.82 bits per heavy atom. The molecule has 3 aromatic rings. The van der Waals surface area contributed by atoms with Crippen molar-refractivity contribution < 1.29 is 22.7 Å². The third-order valence-corrected chi connectivity index (χ3v) is 6.50. The smallest absolute Gasteiger partial charge is 0.406 e. The molecule has 2 aromatic carbocycles. The topological polar surface area (TPSA) is 57.7 Å². The molecule has 0 saturated heterocycles. The lowest BCUT2D eigenvalue weighted by molar-refractivity contribution is -0.274. The van der Waals surface area contributed by atoms with E-state index >= 15 is 0 Å². The number of alkyl halides is 3. The minimum Gasteiger partial charge on any atom is -0.406 e. The Balaban J connectivity index is 1.40. The van der Waals surface area contributed by atoms with Gasteiger partial charge in [0.1, 0.15) is 17.3 Å². The molecule has 0 saturated carbocycles. The van der Waals surface area contributed by atoms with Gasteiger partial charge in [-0.2, -0.15) is 0 Å². The fraction of sp³-hybridized carbons (Fsp3) is 0.214. The molecule has 1 aliphatic rings. The molecule has 0 radical (unpaired) electrons. The van der Waals surface area contributed by atoms with Gasteiger partial charge in [-0.15, -0.1) is 13.2 Å². The number of carbonyl (C=O) groups is 1. The molecule has 0 unspecified atom stereocenters. The van der Waals surface area contributed by atoms with Crippen LogP contribution in [0.2, 0.25) is 0 Å². The number of amides is 1. The summed E-state index contributed by atoms with van der Waals surface area (Å²) < 4.78 is 41.0. The molecule has 0 fully saturated rings. The second kappa shape index (κ2) is 11.2. The standard InChI is InChI=1S/C28H27F3N4O2S/c1-18(2)26(35-13-14-38-19(35)3)27(36)32-16-21-7-11-24-22(15-21)8-12-25(33-24)34(4)17-20-5-9-23(10-6-20)37-28(29,30)31/h5-15H,3,16-17H2,1-2,4H3,(H,32,36). The van der Waals surface area contributed by atoms with E-state index in [0.29, 0.717) is 18.8 Å². The third-order valence-electron chi connectivity index (χ3n) is 5.77. The van der Waals surface area contributed by atoms with Crippen LogP contribution in [0.5, 0.6) is 5.75 Å². The van der Waals surface area contributed by atoms with Crippen LogP contribution < -0.4 is 15.0 Å². The zero-order chi connectivity index (χ0) is 27.4. The van der Waals surface area contributed by atoms with E-state index in [1.54, 1.807) is 17.0 Å². The normalized spacial score (nSPS) is 13.1. The Labute approximate surface area is 223 Å². The van der Waals surface area contributed by atoms with Crippen molar-refractivity contribution >= 4 is 34.4 Å². The van der Waals surface area contributed by atoms with E-state index in [4.69, 9.17) is 4.98 Å². The Kier molecular flexibility index (Phi) is 8.01. The summed E-state index contributed by atoms with van der Waals surface area (Å²) in [6, 6.07) is 15.4. The molecule has 198 valence electrons. The number of anilines is 1. The van der Waals surface area contributed by atoms with Crippen molar-refractivity contribution in [3.8, 4) is 5.75 Å². The number of hydrogen-bond donors (Lipinski definition) is 1. The molecular weight excluding hydrogens is 513 g/mol. The molecule has 6 nitrogen and oxygen atoms in total. The van der Waals surface area contributed by atoms with Gasteiger partial charge < -0.3 is 19.9 Å². The molecule has 1 aromatic heterocycles. The summed E-state index contributed by atoms with van der Waals surface area (Å²) >= 11 is 1.47. The zero-order valence-electron chi connectivity index (χ0n) is 21.2. The Hall–Kier alpha value is -3.92. The predicted octanol–water partition coefficient (Wildman–Crippen LogP) is 6.67. The number of nitrogens with one attached hydrogen (secondary N) is 1. The average Bonchev–Trinajstić information content (AvgIpc) is 3.27. The number of pyridine rings is 1. The van der Waals surface area contributed by atoms with Crippen molar-refractivity contribution in [2.24, 2.45) is 0 Å². The fourth-order valence-corrected chi connectivity index (χ4v) is 4.60. The molecular formula is C28H27F3N4O2S. The number of aromatic nitrogens is 1. The number of benzene rings is 2. The first kappa shape index (κ1) is 27.1. The lowest BCUT2D eigenvalue weighted by atomic mass is 10.1. The number of fused-ring (bicyclic) bond motifs is 1. The molecule has 0 atom stereocenters. The van der Waals surface area contributed by atoms with Gasteiger partial charge in [-0.25, -0.2) is 4.98 Å². The number of allylic oxidation sites excluding steroid dienone is 1. The van der Waals surface area contributed by atoms with E-state index in [-0.39, 0.29) is 11.7 Å². The number of nitrogens with zero attached hydrogens (tertiary/aromatic N) is 3. The summed E-state index contributed by atoms with van der Waals surface area (Å²) in [5.41, 5.74) is 4.00. The summed E-state index contributed by atoms with van der Waals surface area (Å²) in [7, 11) is 1.86. The number of halogens is 3. The SMILES string of the molecule is C=C1SC=CN1C(C(=O)NCc1ccc2nc(N(C)Cc3ccc(OC(F)(F)F)cc3)ccc2c1)=C(C)C. The molecule has 0 aliphatic carbocycles. The second-order valence-electron chi connectivity index (χ2n) is 8.94. The van der Waals surface area contributed by atoms with Crippen LogP contribution in [0.15, 0.2) is 89.1 Å². The van der Waals surface area contributed by atoms with Gasteiger partial charge in [0, 0.05) is 31.7 Å². The number of ether oxygens (including phenoxy) is 1. The Morgan fingerprint density at radius 1 is 1.11 bits per heavy atom. The monoisotopic (exact) mass is 540 g/mol. The molecule has 2 heterocycles. The maximum Gasteiger partial charge on any atom is 0.573 e. The minimum absolute atomic E-state index is 0.175. The van der Waals surface area contributed by atoms with Crippen LogP contribution in [-0.2, 0) is 17.9 Å². The van der Waals surface area contributed by atoms with Gasteiger partial charge in [0.2, 0.25) is 0 Å². The average molecular weight is 541 g/mol. The van der Waals surface area contributed by atoms with Crippen LogP contribution in [0.25, 0.3) is 10.9 Å². The predicted molar refractivity (Wildman–Crippen MR) is 145 cm³/mol. The number of hydrogen-bond acceptors (Lipinski definition) is 6. The van der Waals surface area contributed by atoms with E-state index in [2.05, 4.69) is 16.6 Å². The van der Waals surface area contributed by atoms with Crippen LogP contribution >= 0.6 is 11.8 Å². The van der Waals surface area contributed by atoms with Crippen LogP contribution in [0, 0.1) is 0 Å². The van der Waals surface area contributed by atoms with E-state index in [0.717, 1.165) is 38.4 Å². The lowest BCUT2D eigenvalue weighted by Crippen LogP contribution is -2.31. The van der Waals surface area contributed by atoms with E-state index in [1.165, 1.54) is 23.9 Å². The maximum atomic E-state index is 12.9. The van der Waals surface area contributed by atoms with Crippen molar-refractivity contribution in [2.75, 3.05) is 11.9 Å². The van der Waals surface area contributed by atoms with Crippen LogP contribution in [0.4, 0.5) is 19.0 Å². The van der Waals surface area contributed by atoms with Crippen LogP contribution in [0.3, 0.4) is 0 Å². The molecule has 4 rings (SSSR count). The van der Waals surface area contributed by atoms with Crippen molar-refractivity contribution in [3.63, 3.8) is 0 Å². The van der Waals surface area contributed by atoms with Crippen molar-refractivity contribution in [3.05, 3.63) is 100 Å². The van der Waals surface area contributed by atoms with Crippen LogP contribution in [0.1, 0.15) is 25.0 Å². The second-order valence-corrected chi connectivity index (χ2v) is 9.92. The van der Waals surface area contributed by atoms with Crippen molar-refractivity contribution in [2.45, 2.75) is 33.3 Å². The Bertz CT molecular complexity index is 1410. The molecule has 0 spiro atoms. The van der Waals surface area contributed by atoms with Crippen molar-refractivity contribution in [1.82, 2.24) is 15.2 Å². The molecule has 0 bridgehead atoms. The fourth-order valence-electron chi connectivity index (χ4n) is 3.99. The number of rotatable bonds is 8. The zero-order valence-corrected chi connectivity index (χ0v) is 22.0. The van der Waals surface area contributed by atoms with E-state index < -0.39 is 6.36 Å². The quantitative estimate of drug-likeness (QED) is 0.322. The molecule has 1 aliphatic heterocycles. The third kappa shape index (κ3) is 6.69. The highest BCUT2D eigenvalue weighted by molar-refractivity contribution is 8.06. The number of thioether (sulfide) groups is 1. The Morgan fingerprint density at radius 3 is 2.45 bits per heavy atom. The summed E-state index contributed by atoms with van der Waals surface area (Å²) in [5.74, 6) is 0.291. The highest BCUT2D eigenvalue weighted by Crippen LogP contribution is 2.32. The molecule has 1 amide bonds. The molecule has 10 heteroatoms. The summed E-state index contributed by atoms with van der Waals surface area (Å²) in [5, 5.41) is 6.59. The molecule has 38 heavy (non-hydrogen) atoms. The van der Waals surface area contributed by atoms with Crippen LogP contribution in [-0.4, -0.2) is 29.2 Å². The summed E-state index contributed by atoms with van der Waals surface area (Å²) in [6.07, 6.45) is -2.88. The van der Waals surface area contributed by atoms with Gasteiger partial charge in [0.15, 0.2) is 0 Å². The summed E-state index contributed by atoms with van der Waals surface area (Å²) in [4.78, 5) is 21.4. The van der Waals surface area contributed by atoms with Gasteiger partial charge in [-0.3, -0.25) is 4.79 Å². The maximum absolute atomic E-state index is 12.9. The molecule has 1 N–H and O–H groups in total. The van der Waals surface area contributed by atoms with Gasteiger partial charge in [-0.1, -0.05) is 36.5 Å². The van der Waals surface area contributed by atoms with E-state index in [9.17, 15) is 18.0 Å². The highest BCUT2D eigenvalue weighted by Gasteiger charge is 2.31. The van der Waals surface area contributed by atoms with Gasteiger partial charge in [0.05, 0.1) is 10.5 Å². The van der Waals surface area contributed by atoms with E-state index in [1.807, 2.05) is 67.7 Å².